The second-order valence-electron chi connectivity index (χ2n) is 8.53. The van der Waals surface area contributed by atoms with Crippen LogP contribution < -0.4 is 10.6 Å². The van der Waals surface area contributed by atoms with Crippen molar-refractivity contribution in [3.05, 3.63) is 70.2 Å². The van der Waals surface area contributed by atoms with E-state index in [0.29, 0.717) is 33.5 Å². The van der Waals surface area contributed by atoms with E-state index in [1.165, 1.54) is 22.7 Å². The highest BCUT2D eigenvalue weighted by molar-refractivity contribution is 7.15. The fraction of sp³-hybridized carbons (Fsp3) is 0.333. The number of rotatable bonds is 8. The Morgan fingerprint density at radius 2 is 1.14 bits per heavy atom. The molecule has 4 heterocycles. The van der Waals surface area contributed by atoms with Crippen LogP contribution in [0.1, 0.15) is 58.9 Å². The van der Waals surface area contributed by atoms with Crippen LogP contribution in [0.3, 0.4) is 0 Å². The van der Waals surface area contributed by atoms with E-state index < -0.39 is 0 Å². The lowest BCUT2D eigenvalue weighted by atomic mass is 9.83. The van der Waals surface area contributed by atoms with E-state index in [1.54, 1.807) is 12.4 Å². The highest BCUT2D eigenvalue weighted by Gasteiger charge is 2.28. The van der Waals surface area contributed by atoms with Crippen molar-refractivity contribution in [3.8, 4) is 0 Å². The Morgan fingerprint density at radius 1 is 0.694 bits per heavy atom. The van der Waals surface area contributed by atoms with E-state index in [1.807, 2.05) is 36.4 Å². The van der Waals surface area contributed by atoms with Gasteiger partial charge in [-0.05, 0) is 49.9 Å². The summed E-state index contributed by atoms with van der Waals surface area (Å²) in [5.74, 6) is 0.315. The molecule has 0 aromatic carbocycles. The third-order valence-corrected chi connectivity index (χ3v) is 7.94. The van der Waals surface area contributed by atoms with Gasteiger partial charge < -0.3 is 10.6 Å². The minimum Gasteiger partial charge on any atom is -0.300 e. The van der Waals surface area contributed by atoms with Gasteiger partial charge in [0.1, 0.15) is 10.0 Å². The van der Waals surface area contributed by atoms with Gasteiger partial charge in [0.05, 0.1) is 12.8 Å². The Morgan fingerprint density at radius 3 is 1.53 bits per heavy atom. The normalized spacial score (nSPS) is 17.4. The lowest BCUT2D eigenvalue weighted by molar-refractivity contribution is -0.116. The van der Waals surface area contributed by atoms with Crippen molar-refractivity contribution < 1.29 is 9.59 Å². The van der Waals surface area contributed by atoms with Crippen molar-refractivity contribution in [3.63, 3.8) is 0 Å². The molecule has 12 heteroatoms. The average Bonchev–Trinajstić information content (AvgIpc) is 3.55. The van der Waals surface area contributed by atoms with Crippen LogP contribution in [0.25, 0.3) is 0 Å². The van der Waals surface area contributed by atoms with Crippen molar-refractivity contribution in [2.45, 2.75) is 50.4 Å². The highest BCUT2D eigenvalue weighted by atomic mass is 32.1. The zero-order chi connectivity index (χ0) is 24.7. The van der Waals surface area contributed by atoms with Crippen LogP contribution in [0, 0.1) is 0 Å². The number of hydrogen-bond donors (Lipinski definition) is 2. The van der Waals surface area contributed by atoms with Gasteiger partial charge in [-0.25, -0.2) is 0 Å². The summed E-state index contributed by atoms with van der Waals surface area (Å²) < 4.78 is 0. The monoisotopic (exact) mass is 520 g/mol. The van der Waals surface area contributed by atoms with Gasteiger partial charge in [0.15, 0.2) is 0 Å². The molecule has 2 N–H and O–H groups in total. The first-order valence-electron chi connectivity index (χ1n) is 11.7. The second kappa shape index (κ2) is 11.4. The fourth-order valence-electron chi connectivity index (χ4n) is 4.15. The Bertz CT molecular complexity index is 1200. The minimum absolute atomic E-state index is 0.153. The fourth-order valence-corrected chi connectivity index (χ4v) is 6.01. The molecule has 4 aromatic heterocycles. The number of amides is 2. The molecule has 1 aliphatic rings. The van der Waals surface area contributed by atoms with Crippen LogP contribution in [0.5, 0.6) is 0 Å². The lowest BCUT2D eigenvalue weighted by Crippen LogP contribution is -2.14. The minimum atomic E-state index is -0.153. The topological polar surface area (TPSA) is 136 Å². The summed E-state index contributed by atoms with van der Waals surface area (Å²) in [7, 11) is 0. The molecule has 10 nitrogen and oxygen atoms in total. The molecule has 0 spiro atoms. The van der Waals surface area contributed by atoms with Crippen LogP contribution in [0.4, 0.5) is 10.3 Å². The predicted molar refractivity (Wildman–Crippen MR) is 137 cm³/mol. The van der Waals surface area contributed by atoms with Crippen molar-refractivity contribution in [2.75, 3.05) is 10.6 Å². The molecule has 0 saturated heterocycles. The molecule has 0 aliphatic heterocycles. The maximum Gasteiger partial charge on any atom is 0.232 e. The summed E-state index contributed by atoms with van der Waals surface area (Å²) >= 11 is 2.87. The first-order chi connectivity index (χ1) is 17.6. The SMILES string of the molecule is O=C(Cc1ccccn1)Nc1nnc(C2CCC(c3nnc(NC(=O)Cc4ccccn4)s3)CC2)s1. The van der Waals surface area contributed by atoms with Gasteiger partial charge in [-0.1, -0.05) is 34.8 Å². The zero-order valence-corrected chi connectivity index (χ0v) is 21.0. The molecule has 2 amide bonds. The summed E-state index contributed by atoms with van der Waals surface area (Å²) in [5.41, 5.74) is 1.43. The van der Waals surface area contributed by atoms with E-state index in [2.05, 4.69) is 41.0 Å². The molecule has 1 saturated carbocycles. The molecule has 36 heavy (non-hydrogen) atoms. The first-order valence-corrected chi connectivity index (χ1v) is 13.3. The standard InChI is InChI=1S/C24H24N8O2S2/c33-19(13-17-5-1-3-11-25-17)27-23-31-29-21(35-23)15-7-9-16(10-8-15)22-30-32-24(36-22)28-20(34)14-18-6-2-4-12-26-18/h1-6,11-12,15-16H,7-10,13-14H2,(H,27,31,33)(H,28,32,34). The van der Waals surface area contributed by atoms with Gasteiger partial charge in [0.25, 0.3) is 0 Å². The average molecular weight is 521 g/mol. The van der Waals surface area contributed by atoms with Crippen molar-refractivity contribution in [1.82, 2.24) is 30.4 Å². The maximum absolute atomic E-state index is 12.3. The molecule has 1 fully saturated rings. The van der Waals surface area contributed by atoms with Crippen molar-refractivity contribution >= 4 is 44.8 Å². The van der Waals surface area contributed by atoms with Crippen molar-refractivity contribution in [1.29, 1.82) is 0 Å². The highest BCUT2D eigenvalue weighted by Crippen LogP contribution is 2.42. The summed E-state index contributed by atoms with van der Waals surface area (Å²) in [5, 5.41) is 25.6. The van der Waals surface area contributed by atoms with Gasteiger partial charge in [-0.2, -0.15) is 0 Å². The van der Waals surface area contributed by atoms with Crippen LogP contribution >= 0.6 is 22.7 Å². The lowest BCUT2D eigenvalue weighted by Gasteiger charge is -2.25. The molecular formula is C24H24N8O2S2. The summed E-state index contributed by atoms with van der Waals surface area (Å²) in [6.45, 7) is 0. The summed E-state index contributed by atoms with van der Waals surface area (Å²) in [6, 6.07) is 11.0. The van der Waals surface area contributed by atoms with Crippen molar-refractivity contribution in [2.24, 2.45) is 0 Å². The third kappa shape index (κ3) is 6.32. The molecule has 1 aliphatic carbocycles. The van der Waals surface area contributed by atoms with E-state index >= 15 is 0 Å². The molecule has 0 unspecified atom stereocenters. The number of anilines is 2. The predicted octanol–water partition coefficient (Wildman–Crippen LogP) is 3.98. The largest absolute Gasteiger partial charge is 0.300 e. The first kappa shape index (κ1) is 24.1. The van der Waals surface area contributed by atoms with Gasteiger partial charge in [-0.15, -0.1) is 20.4 Å². The van der Waals surface area contributed by atoms with E-state index in [0.717, 1.165) is 35.7 Å². The number of nitrogens with zero attached hydrogens (tertiary/aromatic N) is 6. The van der Waals surface area contributed by atoms with Gasteiger partial charge >= 0.3 is 0 Å². The van der Waals surface area contributed by atoms with E-state index in [4.69, 9.17) is 0 Å². The van der Waals surface area contributed by atoms with Crippen LogP contribution in [-0.2, 0) is 22.4 Å². The molecule has 4 aromatic rings. The van der Waals surface area contributed by atoms with Crippen LogP contribution in [0.15, 0.2) is 48.8 Å². The Balaban J connectivity index is 1.09. The Hall–Kier alpha value is -3.64. The molecule has 0 bridgehead atoms. The third-order valence-electron chi connectivity index (χ3n) is 5.94. The molecule has 5 rings (SSSR count). The van der Waals surface area contributed by atoms with Gasteiger partial charge in [0, 0.05) is 35.6 Å². The summed E-state index contributed by atoms with van der Waals surface area (Å²) in [4.78, 5) is 32.9. The molecule has 0 atom stereocenters. The van der Waals surface area contributed by atoms with Crippen LogP contribution in [-0.4, -0.2) is 42.2 Å². The number of aromatic nitrogens is 6. The quantitative estimate of drug-likeness (QED) is 0.356. The smallest absolute Gasteiger partial charge is 0.232 e. The summed E-state index contributed by atoms with van der Waals surface area (Å²) in [6.07, 6.45) is 7.59. The van der Waals surface area contributed by atoms with E-state index in [-0.39, 0.29) is 24.7 Å². The number of pyridine rings is 2. The second-order valence-corrected chi connectivity index (χ2v) is 10.5. The molecule has 184 valence electrons. The number of carbonyl (C=O) groups excluding carboxylic acids is 2. The number of carbonyl (C=O) groups is 2. The van der Waals surface area contributed by atoms with E-state index in [9.17, 15) is 9.59 Å². The van der Waals surface area contributed by atoms with Gasteiger partial charge in [-0.3, -0.25) is 19.6 Å². The number of hydrogen-bond acceptors (Lipinski definition) is 10. The zero-order valence-electron chi connectivity index (χ0n) is 19.3. The Labute approximate surface area is 215 Å². The Kier molecular flexibility index (Phi) is 7.62. The van der Waals surface area contributed by atoms with Crippen LogP contribution in [0.2, 0.25) is 0 Å². The van der Waals surface area contributed by atoms with Gasteiger partial charge in [0.2, 0.25) is 22.1 Å². The molecular weight excluding hydrogens is 496 g/mol. The molecule has 0 radical (unpaired) electrons. The number of nitrogens with one attached hydrogen (secondary N) is 2. The maximum atomic E-state index is 12.3.